The highest BCUT2D eigenvalue weighted by atomic mass is 16.8. The summed E-state index contributed by atoms with van der Waals surface area (Å²) < 4.78 is 35.5. The lowest BCUT2D eigenvalue weighted by Crippen LogP contribution is -2.66. The Labute approximate surface area is 250 Å². The van der Waals surface area contributed by atoms with Gasteiger partial charge in [-0.3, -0.25) is 0 Å². The molecule has 0 aromatic heterocycles. The third-order valence-corrected chi connectivity index (χ3v) is 8.99. The normalized spacial score (nSPS) is 51.1. The zero-order valence-corrected chi connectivity index (χ0v) is 24.4. The molecule has 16 N–H and O–H groups in total. The molecule has 3 saturated heterocycles. The van der Waals surface area contributed by atoms with E-state index in [4.69, 9.17) is 57.1 Å². The predicted molar refractivity (Wildman–Crippen MR) is 147 cm³/mol. The number of nitrogens with two attached hydrogens (primary N) is 5. The van der Waals surface area contributed by atoms with Crippen LogP contribution in [-0.2, 0) is 28.4 Å². The van der Waals surface area contributed by atoms with Gasteiger partial charge in [-0.1, -0.05) is 13.3 Å². The molecule has 0 bridgehead atoms. The minimum Gasteiger partial charge on any atom is -0.394 e. The number of hydrogen-bond acceptors (Lipinski definition) is 17. The molecule has 43 heavy (non-hydrogen) atoms. The second kappa shape index (κ2) is 15.3. The molecule has 0 spiro atoms. The van der Waals surface area contributed by atoms with Crippen LogP contribution in [-0.4, -0.2) is 154 Å². The number of rotatable bonds is 11. The van der Waals surface area contributed by atoms with Crippen molar-refractivity contribution in [3.8, 4) is 0 Å². The van der Waals surface area contributed by atoms with Gasteiger partial charge in [0.2, 0.25) is 0 Å². The maximum atomic E-state index is 11.2. The molecule has 4 aliphatic rings. The molecular weight excluding hydrogens is 574 g/mol. The molecule has 18 atom stereocenters. The second-order valence-corrected chi connectivity index (χ2v) is 12.1. The Kier molecular flexibility index (Phi) is 12.5. The summed E-state index contributed by atoms with van der Waals surface area (Å²) in [5.74, 6) is 0.0519. The van der Waals surface area contributed by atoms with E-state index in [9.17, 15) is 30.6 Å². The van der Waals surface area contributed by atoms with Gasteiger partial charge in [0.25, 0.3) is 0 Å². The Bertz CT molecular complexity index is 867. The zero-order chi connectivity index (χ0) is 31.6. The lowest BCUT2D eigenvalue weighted by atomic mass is 9.84. The van der Waals surface area contributed by atoms with Crippen LogP contribution in [0.25, 0.3) is 0 Å². The van der Waals surface area contributed by atoms with Crippen molar-refractivity contribution >= 4 is 0 Å². The Balaban J connectivity index is 1.48. The zero-order valence-electron chi connectivity index (χ0n) is 24.4. The van der Waals surface area contributed by atoms with Crippen molar-refractivity contribution in [2.45, 2.75) is 137 Å². The van der Waals surface area contributed by atoms with Crippen LogP contribution in [0.1, 0.15) is 32.6 Å². The third kappa shape index (κ3) is 7.50. The molecule has 0 radical (unpaired) electrons. The molecule has 4 fully saturated rings. The van der Waals surface area contributed by atoms with E-state index in [1.807, 2.05) is 6.92 Å². The molecule has 1 saturated carbocycles. The van der Waals surface area contributed by atoms with Gasteiger partial charge >= 0.3 is 0 Å². The van der Waals surface area contributed by atoms with Crippen molar-refractivity contribution in [1.82, 2.24) is 0 Å². The number of aliphatic hydroxyl groups excluding tert-OH is 6. The van der Waals surface area contributed by atoms with Crippen LogP contribution < -0.4 is 28.7 Å². The first kappa shape index (κ1) is 35.2. The Hall–Kier alpha value is -0.680. The van der Waals surface area contributed by atoms with Crippen molar-refractivity contribution in [3.63, 3.8) is 0 Å². The fourth-order valence-corrected chi connectivity index (χ4v) is 6.47. The fraction of sp³-hybridized carbons (Fsp3) is 1.00. The van der Waals surface area contributed by atoms with E-state index in [2.05, 4.69) is 0 Å². The highest BCUT2D eigenvalue weighted by Crippen LogP contribution is 2.35. The summed E-state index contributed by atoms with van der Waals surface area (Å²) in [6, 6.07) is -3.28. The standard InChI is InChI=1S/C26H51N5O12/c1-2-3-9-4-12(30)24(39-14(9)7-32)41-21-11(29)5-10(28)17(34)23(21)43-26-20(37)22(15(8-33)40-26)42-25-16(31)19(36)18(35)13(6-27)38-25/h9-26,32-37H,2-8,27-31H2,1H3/t9-,10+,11?,12?,13-,14?,15+,16?,17?,18+,19?,20?,21+,22-,23+,24+,25+,26-/m0/s1. The molecule has 1 aliphatic carbocycles. The molecule has 252 valence electrons. The van der Waals surface area contributed by atoms with Crippen LogP contribution in [0.4, 0.5) is 0 Å². The van der Waals surface area contributed by atoms with Crippen molar-refractivity contribution in [2.24, 2.45) is 34.6 Å². The molecule has 0 amide bonds. The van der Waals surface area contributed by atoms with Gasteiger partial charge in [-0.05, 0) is 25.2 Å². The molecule has 0 aromatic carbocycles. The number of aliphatic hydroxyl groups is 6. The summed E-state index contributed by atoms with van der Waals surface area (Å²) in [5.41, 5.74) is 30.6. The lowest BCUT2D eigenvalue weighted by molar-refractivity contribution is -0.295. The molecule has 3 aliphatic heterocycles. The quantitative estimate of drug-likeness (QED) is 0.102. The SMILES string of the molecule is CCC[C@H]1CC(N)[C@@H](O[C@@H]2C(N)C[C@@H](N)C(O)[C@H]2O[C@@H]2O[C@H](CO)[C@H](O[C@H]3O[C@@H](CN)[C@@H](O)C(O)C3N)C2O)OC1CO. The van der Waals surface area contributed by atoms with Crippen molar-refractivity contribution in [3.05, 3.63) is 0 Å². The van der Waals surface area contributed by atoms with Crippen LogP contribution >= 0.6 is 0 Å². The van der Waals surface area contributed by atoms with E-state index in [0.717, 1.165) is 12.8 Å². The van der Waals surface area contributed by atoms with Crippen molar-refractivity contribution < 1.29 is 59.1 Å². The number of hydrogen-bond donors (Lipinski definition) is 11. The van der Waals surface area contributed by atoms with Crippen LogP contribution in [0.2, 0.25) is 0 Å². The maximum absolute atomic E-state index is 11.2. The first-order valence-electron chi connectivity index (χ1n) is 15.0. The van der Waals surface area contributed by atoms with E-state index < -0.39 is 111 Å². The van der Waals surface area contributed by atoms with Crippen LogP contribution in [0.15, 0.2) is 0 Å². The Morgan fingerprint density at radius 3 is 1.86 bits per heavy atom. The summed E-state index contributed by atoms with van der Waals surface area (Å²) in [7, 11) is 0. The van der Waals surface area contributed by atoms with Gasteiger partial charge in [0.15, 0.2) is 18.9 Å². The maximum Gasteiger partial charge on any atom is 0.187 e. The molecule has 0 aromatic rings. The van der Waals surface area contributed by atoms with Crippen molar-refractivity contribution in [1.29, 1.82) is 0 Å². The Morgan fingerprint density at radius 2 is 1.23 bits per heavy atom. The van der Waals surface area contributed by atoms with E-state index in [-0.39, 0.29) is 25.5 Å². The fourth-order valence-electron chi connectivity index (χ4n) is 6.47. The molecule has 3 heterocycles. The largest absolute Gasteiger partial charge is 0.394 e. The molecule has 17 nitrogen and oxygen atoms in total. The smallest absolute Gasteiger partial charge is 0.187 e. The minimum atomic E-state index is -1.54. The first-order valence-corrected chi connectivity index (χ1v) is 15.0. The van der Waals surface area contributed by atoms with E-state index in [0.29, 0.717) is 6.42 Å². The number of ether oxygens (including phenoxy) is 6. The second-order valence-electron chi connectivity index (χ2n) is 12.1. The topological polar surface area (TPSA) is 307 Å². The summed E-state index contributed by atoms with van der Waals surface area (Å²) in [5, 5.41) is 62.6. The van der Waals surface area contributed by atoms with E-state index in [1.54, 1.807) is 0 Å². The minimum absolute atomic E-state index is 0.0519. The third-order valence-electron chi connectivity index (χ3n) is 8.99. The summed E-state index contributed by atoms with van der Waals surface area (Å²) in [6.45, 7) is 1.07. The molecule has 4 rings (SSSR count). The predicted octanol–water partition coefficient (Wildman–Crippen LogP) is -5.78. The van der Waals surface area contributed by atoms with Crippen LogP contribution in [0, 0.1) is 5.92 Å². The van der Waals surface area contributed by atoms with Crippen molar-refractivity contribution in [2.75, 3.05) is 19.8 Å². The lowest BCUT2D eigenvalue weighted by Gasteiger charge is -2.46. The first-order chi connectivity index (χ1) is 20.4. The van der Waals surface area contributed by atoms with E-state index in [1.165, 1.54) is 0 Å². The van der Waals surface area contributed by atoms with Crippen LogP contribution in [0.5, 0.6) is 0 Å². The summed E-state index contributed by atoms with van der Waals surface area (Å²) in [6.07, 6.45) is -13.0. The van der Waals surface area contributed by atoms with Gasteiger partial charge in [-0.2, -0.15) is 0 Å². The van der Waals surface area contributed by atoms with Gasteiger partial charge < -0.3 is 87.7 Å². The van der Waals surface area contributed by atoms with Gasteiger partial charge in [0.05, 0.1) is 37.5 Å². The Morgan fingerprint density at radius 1 is 0.628 bits per heavy atom. The van der Waals surface area contributed by atoms with Gasteiger partial charge in [0.1, 0.15) is 48.8 Å². The average Bonchev–Trinajstić information content (AvgIpc) is 3.28. The van der Waals surface area contributed by atoms with Gasteiger partial charge in [-0.15, -0.1) is 0 Å². The van der Waals surface area contributed by atoms with Gasteiger partial charge in [0, 0.05) is 18.6 Å². The van der Waals surface area contributed by atoms with Crippen LogP contribution in [0.3, 0.4) is 0 Å². The summed E-state index contributed by atoms with van der Waals surface area (Å²) >= 11 is 0. The highest BCUT2D eigenvalue weighted by molar-refractivity contribution is 5.01. The highest BCUT2D eigenvalue weighted by Gasteiger charge is 2.53. The van der Waals surface area contributed by atoms with Gasteiger partial charge in [-0.25, -0.2) is 0 Å². The molecule has 17 heteroatoms. The molecular formula is C26H51N5O12. The van der Waals surface area contributed by atoms with E-state index >= 15 is 0 Å². The molecule has 7 unspecified atom stereocenters. The average molecular weight is 626 g/mol. The monoisotopic (exact) mass is 625 g/mol. The summed E-state index contributed by atoms with van der Waals surface area (Å²) in [4.78, 5) is 0.